The first-order valence-corrected chi connectivity index (χ1v) is 4.54. The van der Waals surface area contributed by atoms with Gasteiger partial charge >= 0.3 is 5.97 Å². The number of hydroxylamine groups is 2. The molecule has 14 heavy (non-hydrogen) atoms. The molecule has 0 spiro atoms. The first-order valence-electron chi connectivity index (χ1n) is 4.54. The summed E-state index contributed by atoms with van der Waals surface area (Å²) >= 11 is 0. The second kappa shape index (κ2) is 3.07. The zero-order valence-corrected chi connectivity index (χ0v) is 9.29. The third-order valence-electron chi connectivity index (χ3n) is 2.64. The van der Waals surface area contributed by atoms with E-state index in [-0.39, 0.29) is 5.97 Å². The molecule has 4 heteroatoms. The Kier molecular flexibility index (Phi) is 2.46. The molecular formula is C10H17NO3. The maximum atomic E-state index is 11.4. The fourth-order valence-corrected chi connectivity index (χ4v) is 1.84. The lowest BCUT2D eigenvalue weighted by molar-refractivity contribution is -0.187. The van der Waals surface area contributed by atoms with Gasteiger partial charge in [0.1, 0.15) is 0 Å². The lowest BCUT2D eigenvalue weighted by atomic mass is 9.97. The minimum Gasteiger partial charge on any atom is -0.466 e. The first kappa shape index (κ1) is 11.2. The Morgan fingerprint density at radius 2 is 1.93 bits per heavy atom. The molecule has 0 amide bonds. The summed E-state index contributed by atoms with van der Waals surface area (Å²) in [6.07, 6.45) is 1.73. The number of hydrogen-bond donors (Lipinski definition) is 1. The highest BCUT2D eigenvalue weighted by Gasteiger charge is 2.48. The Balaban J connectivity index is 3.13. The van der Waals surface area contributed by atoms with Gasteiger partial charge in [-0.2, -0.15) is 5.06 Å². The molecule has 1 aliphatic rings. The highest BCUT2D eigenvalue weighted by Crippen LogP contribution is 2.38. The Labute approximate surface area is 84.1 Å². The molecule has 4 nitrogen and oxygen atoms in total. The lowest BCUT2D eigenvalue weighted by Gasteiger charge is -2.35. The minimum atomic E-state index is -0.698. The van der Waals surface area contributed by atoms with Crippen molar-refractivity contribution in [3.05, 3.63) is 11.6 Å². The standard InChI is InChI=1S/C10H17NO3/c1-9(2)6-7(8(12)14-5)10(3,4)11(9)13/h6,13H,1-5H3. The zero-order valence-electron chi connectivity index (χ0n) is 9.29. The van der Waals surface area contributed by atoms with Gasteiger partial charge in [0.2, 0.25) is 0 Å². The fourth-order valence-electron chi connectivity index (χ4n) is 1.84. The average Bonchev–Trinajstić information content (AvgIpc) is 2.25. The summed E-state index contributed by atoms with van der Waals surface area (Å²) < 4.78 is 4.67. The van der Waals surface area contributed by atoms with Crippen molar-refractivity contribution in [2.75, 3.05) is 7.11 Å². The van der Waals surface area contributed by atoms with Gasteiger partial charge in [0.25, 0.3) is 0 Å². The van der Waals surface area contributed by atoms with Crippen LogP contribution in [0.5, 0.6) is 0 Å². The fraction of sp³-hybridized carbons (Fsp3) is 0.700. The van der Waals surface area contributed by atoms with Gasteiger partial charge in [0, 0.05) is 0 Å². The summed E-state index contributed by atoms with van der Waals surface area (Å²) in [7, 11) is 1.34. The van der Waals surface area contributed by atoms with Crippen LogP contribution >= 0.6 is 0 Å². The monoisotopic (exact) mass is 199 g/mol. The number of methoxy groups -OCH3 is 1. The maximum Gasteiger partial charge on any atom is 0.335 e. The van der Waals surface area contributed by atoms with Crippen molar-refractivity contribution in [3.63, 3.8) is 0 Å². The number of carbonyl (C=O) groups excluding carboxylic acids is 1. The van der Waals surface area contributed by atoms with Crippen molar-refractivity contribution in [2.24, 2.45) is 0 Å². The number of esters is 1. The van der Waals surface area contributed by atoms with E-state index in [9.17, 15) is 10.0 Å². The van der Waals surface area contributed by atoms with Crippen LogP contribution in [0.15, 0.2) is 11.6 Å². The van der Waals surface area contributed by atoms with E-state index in [4.69, 9.17) is 0 Å². The summed E-state index contributed by atoms with van der Waals surface area (Å²) in [5, 5.41) is 11.0. The van der Waals surface area contributed by atoms with E-state index in [2.05, 4.69) is 4.74 Å². The summed E-state index contributed by atoms with van der Waals surface area (Å²) in [6.45, 7) is 7.24. The molecule has 1 N–H and O–H groups in total. The van der Waals surface area contributed by atoms with Crippen molar-refractivity contribution in [3.8, 4) is 0 Å². The van der Waals surface area contributed by atoms with Gasteiger partial charge in [0.05, 0.1) is 23.8 Å². The Bertz CT molecular complexity index is 292. The molecule has 0 bridgehead atoms. The van der Waals surface area contributed by atoms with Crippen LogP contribution < -0.4 is 0 Å². The predicted octanol–water partition coefficient (Wildman–Crippen LogP) is 1.35. The van der Waals surface area contributed by atoms with E-state index < -0.39 is 11.1 Å². The highest BCUT2D eigenvalue weighted by molar-refractivity contribution is 5.91. The summed E-state index contributed by atoms with van der Waals surface area (Å²) in [5.74, 6) is -0.389. The van der Waals surface area contributed by atoms with Crippen LogP contribution in [-0.2, 0) is 9.53 Å². The summed E-state index contributed by atoms with van der Waals surface area (Å²) in [6, 6.07) is 0. The number of hydrogen-bond acceptors (Lipinski definition) is 4. The van der Waals surface area contributed by atoms with Crippen LogP contribution in [0.4, 0.5) is 0 Å². The van der Waals surface area contributed by atoms with E-state index >= 15 is 0 Å². The van der Waals surface area contributed by atoms with Crippen molar-refractivity contribution < 1.29 is 14.7 Å². The minimum absolute atomic E-state index is 0.389. The van der Waals surface area contributed by atoms with Gasteiger partial charge in [-0.05, 0) is 27.7 Å². The topological polar surface area (TPSA) is 49.8 Å². The molecule has 0 saturated heterocycles. The highest BCUT2D eigenvalue weighted by atomic mass is 16.5. The molecule has 0 aromatic rings. The summed E-state index contributed by atoms with van der Waals surface area (Å²) in [5.41, 5.74) is -0.739. The van der Waals surface area contributed by atoms with E-state index in [1.165, 1.54) is 12.2 Å². The van der Waals surface area contributed by atoms with Crippen LogP contribution in [0, 0.1) is 0 Å². The van der Waals surface area contributed by atoms with E-state index in [0.717, 1.165) is 0 Å². The molecule has 1 heterocycles. The number of rotatable bonds is 1. The summed E-state index contributed by atoms with van der Waals surface area (Å²) in [4.78, 5) is 11.4. The third-order valence-corrected chi connectivity index (χ3v) is 2.64. The predicted molar refractivity (Wildman–Crippen MR) is 51.9 cm³/mol. The van der Waals surface area contributed by atoms with Crippen molar-refractivity contribution in [2.45, 2.75) is 38.8 Å². The number of carbonyl (C=O) groups is 1. The van der Waals surface area contributed by atoms with Gasteiger partial charge in [-0.15, -0.1) is 0 Å². The zero-order chi connectivity index (χ0) is 11.1. The van der Waals surface area contributed by atoms with Crippen molar-refractivity contribution in [1.29, 1.82) is 0 Å². The second-order valence-electron chi connectivity index (χ2n) is 4.57. The molecule has 0 saturated carbocycles. The largest absolute Gasteiger partial charge is 0.466 e. The quantitative estimate of drug-likeness (QED) is 0.647. The lowest BCUT2D eigenvalue weighted by Crippen LogP contribution is -2.48. The van der Waals surface area contributed by atoms with E-state index in [1.807, 2.05) is 13.8 Å². The molecule has 0 aliphatic carbocycles. The second-order valence-corrected chi connectivity index (χ2v) is 4.57. The van der Waals surface area contributed by atoms with Crippen LogP contribution in [0.2, 0.25) is 0 Å². The molecule has 0 aromatic heterocycles. The van der Waals surface area contributed by atoms with Gasteiger partial charge < -0.3 is 9.94 Å². The molecule has 1 rings (SSSR count). The first-order chi connectivity index (χ1) is 6.23. The Morgan fingerprint density at radius 3 is 2.21 bits per heavy atom. The molecule has 0 fully saturated rings. The van der Waals surface area contributed by atoms with Gasteiger partial charge in [-0.25, -0.2) is 4.79 Å². The number of ether oxygens (including phenoxy) is 1. The maximum absolute atomic E-state index is 11.4. The third kappa shape index (κ3) is 1.44. The molecular weight excluding hydrogens is 182 g/mol. The molecule has 80 valence electrons. The molecule has 0 unspecified atom stereocenters. The molecule has 0 radical (unpaired) electrons. The molecule has 1 aliphatic heterocycles. The van der Waals surface area contributed by atoms with Gasteiger partial charge in [-0.1, -0.05) is 6.08 Å². The normalized spacial score (nSPS) is 24.6. The number of nitrogens with zero attached hydrogens (tertiary/aromatic N) is 1. The van der Waals surface area contributed by atoms with Crippen LogP contribution in [0.1, 0.15) is 27.7 Å². The van der Waals surface area contributed by atoms with Crippen LogP contribution in [0.3, 0.4) is 0 Å². The molecule has 0 aromatic carbocycles. The van der Waals surface area contributed by atoms with Crippen molar-refractivity contribution in [1.82, 2.24) is 5.06 Å². The Hall–Kier alpha value is -0.870. The van der Waals surface area contributed by atoms with Crippen molar-refractivity contribution >= 4 is 5.97 Å². The van der Waals surface area contributed by atoms with E-state index in [1.54, 1.807) is 19.9 Å². The van der Waals surface area contributed by atoms with Gasteiger partial charge in [-0.3, -0.25) is 0 Å². The van der Waals surface area contributed by atoms with Crippen LogP contribution in [-0.4, -0.2) is 34.4 Å². The van der Waals surface area contributed by atoms with E-state index in [0.29, 0.717) is 5.57 Å². The average molecular weight is 199 g/mol. The smallest absolute Gasteiger partial charge is 0.335 e. The Morgan fingerprint density at radius 1 is 1.43 bits per heavy atom. The SMILES string of the molecule is COC(=O)C1=CC(C)(C)N(O)C1(C)C. The molecule has 0 atom stereocenters. The van der Waals surface area contributed by atoms with Gasteiger partial charge in [0.15, 0.2) is 0 Å². The van der Waals surface area contributed by atoms with Crippen LogP contribution in [0.25, 0.3) is 0 Å².